The summed E-state index contributed by atoms with van der Waals surface area (Å²) in [5.41, 5.74) is 2.32. The third kappa shape index (κ3) is 16.0. The van der Waals surface area contributed by atoms with Crippen molar-refractivity contribution in [2.45, 2.75) is 11.4 Å². The van der Waals surface area contributed by atoms with Crippen LogP contribution in [0.3, 0.4) is 0 Å². The van der Waals surface area contributed by atoms with Crippen LogP contribution >= 0.6 is 24.2 Å². The highest BCUT2D eigenvalue weighted by molar-refractivity contribution is 7.97. The maximum Gasteiger partial charge on any atom is 0.317 e. The molecule has 0 heterocycles. The van der Waals surface area contributed by atoms with Crippen molar-refractivity contribution in [2.24, 2.45) is 5.14 Å². The van der Waals surface area contributed by atoms with E-state index in [4.69, 9.17) is 22.5 Å². The lowest BCUT2D eigenvalue weighted by Crippen LogP contribution is -2.46. The summed E-state index contributed by atoms with van der Waals surface area (Å²) < 4.78 is 0. The second-order valence-corrected chi connectivity index (χ2v) is 10.9. The van der Waals surface area contributed by atoms with Crippen LogP contribution in [0.2, 0.25) is 0 Å². The molecule has 0 aromatic heterocycles. The highest BCUT2D eigenvalue weighted by atomic mass is 32.2. The van der Waals surface area contributed by atoms with Gasteiger partial charge in [-0.25, -0.2) is 0 Å². The number of rotatable bonds is 21. The molecular weight excluding hydrogens is 626 g/mol. The molecule has 15 nitrogen and oxygen atoms in total. The minimum atomic E-state index is -1.16. The van der Waals surface area contributed by atoms with Crippen LogP contribution in [-0.2, 0) is 30.5 Å². The third-order valence-electron chi connectivity index (χ3n) is 6.19. The molecular formula is C28H37N7O8S2. The van der Waals surface area contributed by atoms with Gasteiger partial charge in [0.2, 0.25) is 5.91 Å². The first kappa shape index (κ1) is 37.1. The van der Waals surface area contributed by atoms with E-state index in [0.717, 1.165) is 33.8 Å². The largest absolute Gasteiger partial charge is 0.480 e. The number of thiocarbonyl (C=S) groups is 1. The summed E-state index contributed by atoms with van der Waals surface area (Å²) in [6.45, 7) is -1.03. The third-order valence-corrected chi connectivity index (χ3v) is 6.94. The van der Waals surface area contributed by atoms with Crippen molar-refractivity contribution in [3.8, 4) is 0 Å². The van der Waals surface area contributed by atoms with Crippen molar-refractivity contribution < 1.29 is 39.3 Å². The number of aldehydes is 1. The van der Waals surface area contributed by atoms with Gasteiger partial charge in [-0.3, -0.25) is 39.0 Å². The summed E-state index contributed by atoms with van der Waals surface area (Å²) >= 11 is 6.50. The standard InChI is InChI=1S/C28H37N7O8S2/c29-45-23-7-5-22(6-8-23)32-28(44)31-21-3-1-20(2-4-21)15-30-24(37)16-35(19-27(42)43)12-11-33(17-25(38)39)9-10-34(13-14-36)18-26(40)41/h1-8,14H,9-13,15-19,29H2,(H,30,37)(H,38,39)(H,40,41)(H,42,43)(H2,31,32,44). The van der Waals surface area contributed by atoms with Gasteiger partial charge in [-0.1, -0.05) is 12.1 Å². The lowest BCUT2D eigenvalue weighted by molar-refractivity contribution is -0.140. The summed E-state index contributed by atoms with van der Waals surface area (Å²) in [5.74, 6) is -3.84. The zero-order chi connectivity index (χ0) is 33.2. The molecule has 0 spiro atoms. The topological polar surface area (TPSA) is 218 Å². The number of benzene rings is 2. The van der Waals surface area contributed by atoms with E-state index in [1.165, 1.54) is 14.7 Å². The molecule has 0 saturated heterocycles. The number of nitrogens with one attached hydrogen (secondary N) is 3. The lowest BCUT2D eigenvalue weighted by atomic mass is 10.2. The predicted octanol–water partition coefficient (Wildman–Crippen LogP) is 0.436. The van der Waals surface area contributed by atoms with Crippen LogP contribution in [0.15, 0.2) is 53.4 Å². The minimum Gasteiger partial charge on any atom is -0.480 e. The Labute approximate surface area is 269 Å². The number of nitrogens with two attached hydrogens (primary N) is 1. The van der Waals surface area contributed by atoms with E-state index in [1.807, 2.05) is 24.3 Å². The maximum atomic E-state index is 12.7. The fraction of sp³-hybridized carbons (Fsp3) is 0.357. The first-order valence-corrected chi connectivity index (χ1v) is 14.9. The molecule has 0 unspecified atom stereocenters. The molecule has 2 rings (SSSR count). The molecule has 0 radical (unpaired) electrons. The van der Waals surface area contributed by atoms with Crippen molar-refractivity contribution in [1.82, 2.24) is 20.0 Å². The summed E-state index contributed by atoms with van der Waals surface area (Å²) in [5, 5.41) is 42.4. The summed E-state index contributed by atoms with van der Waals surface area (Å²) in [6, 6.07) is 14.6. The number of carboxylic acids is 3. The molecule has 8 N–H and O–H groups in total. The number of carboxylic acid groups (broad SMARTS) is 3. The second-order valence-electron chi connectivity index (χ2n) is 9.76. The van der Waals surface area contributed by atoms with Crippen molar-refractivity contribution in [1.29, 1.82) is 0 Å². The Morgan fingerprint density at radius 2 is 1.20 bits per heavy atom. The van der Waals surface area contributed by atoms with Crippen molar-refractivity contribution >= 4 is 70.8 Å². The SMILES string of the molecule is NSc1ccc(NC(=S)Nc2ccc(CNC(=O)CN(CCN(CCN(CC=O)CC(=O)O)CC(=O)O)CC(=O)O)cc2)cc1. The van der Waals surface area contributed by atoms with Crippen LogP contribution in [0.4, 0.5) is 11.4 Å². The van der Waals surface area contributed by atoms with E-state index in [1.54, 1.807) is 24.3 Å². The molecule has 244 valence electrons. The van der Waals surface area contributed by atoms with Crippen LogP contribution in [0.5, 0.6) is 0 Å². The van der Waals surface area contributed by atoms with Gasteiger partial charge in [-0.15, -0.1) is 0 Å². The van der Waals surface area contributed by atoms with Crippen LogP contribution in [-0.4, -0.2) is 124 Å². The van der Waals surface area contributed by atoms with E-state index in [-0.39, 0.29) is 58.9 Å². The number of carbonyl (C=O) groups is 5. The van der Waals surface area contributed by atoms with Gasteiger partial charge in [-0.2, -0.15) is 0 Å². The average molecular weight is 664 g/mol. The first-order valence-electron chi connectivity index (χ1n) is 13.6. The number of hydrogen-bond acceptors (Lipinski definition) is 11. The Hall–Kier alpha value is -4.13. The molecule has 0 fully saturated rings. The maximum absolute atomic E-state index is 12.7. The Morgan fingerprint density at radius 1 is 0.733 bits per heavy atom. The molecule has 0 aliphatic rings. The van der Waals surface area contributed by atoms with Crippen molar-refractivity contribution in [3.05, 3.63) is 54.1 Å². The van der Waals surface area contributed by atoms with Gasteiger partial charge in [0.15, 0.2) is 5.11 Å². The second kappa shape index (κ2) is 20.0. The number of aliphatic carboxylic acids is 3. The van der Waals surface area contributed by atoms with E-state index in [2.05, 4.69) is 16.0 Å². The molecule has 2 aromatic carbocycles. The van der Waals surface area contributed by atoms with Crippen LogP contribution in [0, 0.1) is 0 Å². The summed E-state index contributed by atoms with van der Waals surface area (Å²) in [7, 11) is 0. The fourth-order valence-electron chi connectivity index (χ4n) is 4.04. The molecule has 0 aliphatic carbocycles. The molecule has 0 saturated carbocycles. The van der Waals surface area contributed by atoms with Crippen LogP contribution in [0.25, 0.3) is 0 Å². The molecule has 0 aliphatic heterocycles. The zero-order valence-corrected chi connectivity index (χ0v) is 26.0. The minimum absolute atomic E-state index is 0.0596. The Morgan fingerprint density at radius 3 is 1.71 bits per heavy atom. The summed E-state index contributed by atoms with van der Waals surface area (Å²) in [4.78, 5) is 62.4. The van der Waals surface area contributed by atoms with Gasteiger partial charge in [0.25, 0.3) is 0 Å². The fourth-order valence-corrected chi connectivity index (χ4v) is 4.57. The molecule has 2 aromatic rings. The van der Waals surface area contributed by atoms with Gasteiger partial charge in [-0.05, 0) is 66.1 Å². The number of anilines is 2. The Balaban J connectivity index is 1.87. The van der Waals surface area contributed by atoms with Crippen molar-refractivity contribution in [3.63, 3.8) is 0 Å². The number of hydrogen-bond donors (Lipinski definition) is 7. The summed E-state index contributed by atoms with van der Waals surface area (Å²) in [6.07, 6.45) is 0.556. The number of amides is 1. The highest BCUT2D eigenvalue weighted by Gasteiger charge is 2.18. The molecule has 1 amide bonds. The first-order chi connectivity index (χ1) is 21.5. The van der Waals surface area contributed by atoms with Crippen LogP contribution < -0.4 is 21.1 Å². The van der Waals surface area contributed by atoms with Gasteiger partial charge >= 0.3 is 17.9 Å². The predicted molar refractivity (Wildman–Crippen MR) is 173 cm³/mol. The lowest BCUT2D eigenvalue weighted by Gasteiger charge is -2.27. The number of carbonyl (C=O) groups excluding carboxylic acids is 2. The monoisotopic (exact) mass is 663 g/mol. The average Bonchev–Trinajstić information content (AvgIpc) is 2.97. The molecule has 0 atom stereocenters. The van der Waals surface area contributed by atoms with Crippen molar-refractivity contribution in [2.75, 3.05) is 69.5 Å². The molecule has 45 heavy (non-hydrogen) atoms. The smallest absolute Gasteiger partial charge is 0.317 e. The molecule has 17 heteroatoms. The van der Waals surface area contributed by atoms with Gasteiger partial charge in [0.1, 0.15) is 6.29 Å². The normalized spacial score (nSPS) is 10.9. The van der Waals surface area contributed by atoms with E-state index < -0.39 is 30.4 Å². The molecule has 0 bridgehead atoms. The van der Waals surface area contributed by atoms with E-state index in [0.29, 0.717) is 11.4 Å². The van der Waals surface area contributed by atoms with E-state index >= 15 is 0 Å². The van der Waals surface area contributed by atoms with Gasteiger partial charge < -0.3 is 36.1 Å². The van der Waals surface area contributed by atoms with E-state index in [9.17, 15) is 34.2 Å². The quantitative estimate of drug-likeness (QED) is 0.0547. The Bertz CT molecular complexity index is 1300. The van der Waals surface area contributed by atoms with Gasteiger partial charge in [0.05, 0.1) is 32.7 Å². The van der Waals surface area contributed by atoms with Crippen LogP contribution in [0.1, 0.15) is 5.56 Å². The van der Waals surface area contributed by atoms with Gasteiger partial charge in [0, 0.05) is 49.0 Å². The Kier molecular flexibility index (Phi) is 16.5. The number of nitrogens with zero attached hydrogens (tertiary/aromatic N) is 3. The zero-order valence-electron chi connectivity index (χ0n) is 24.4. The highest BCUT2D eigenvalue weighted by Crippen LogP contribution is 2.16.